The van der Waals surface area contributed by atoms with Crippen molar-refractivity contribution in [1.29, 1.82) is 0 Å². The second-order valence-corrected chi connectivity index (χ2v) is 2.83. The van der Waals surface area contributed by atoms with E-state index in [2.05, 4.69) is 13.8 Å². The SMILES string of the molecule is CCCC.NCc1ccc(F)cc1. The minimum atomic E-state index is -0.216. The molecule has 0 heterocycles. The molecule has 13 heavy (non-hydrogen) atoms. The first kappa shape index (κ1) is 12.1. The second-order valence-electron chi connectivity index (χ2n) is 2.83. The standard InChI is InChI=1S/C7H8FN.C4H10/c8-7-3-1-6(5-9)2-4-7;1-3-4-2/h1-4H,5,9H2;3-4H2,1-2H3. The van der Waals surface area contributed by atoms with Crippen LogP contribution in [0.25, 0.3) is 0 Å². The number of hydrogen-bond donors (Lipinski definition) is 1. The zero-order valence-electron chi connectivity index (χ0n) is 8.39. The van der Waals surface area contributed by atoms with Gasteiger partial charge in [0, 0.05) is 6.54 Å². The van der Waals surface area contributed by atoms with E-state index >= 15 is 0 Å². The van der Waals surface area contributed by atoms with Crippen LogP contribution < -0.4 is 5.73 Å². The number of benzene rings is 1. The van der Waals surface area contributed by atoms with E-state index in [9.17, 15) is 4.39 Å². The fourth-order valence-corrected chi connectivity index (χ4v) is 0.620. The van der Waals surface area contributed by atoms with E-state index in [1.807, 2.05) is 0 Å². The molecule has 0 aromatic heterocycles. The Bertz CT molecular complexity index is 204. The van der Waals surface area contributed by atoms with Gasteiger partial charge >= 0.3 is 0 Å². The Hall–Kier alpha value is -0.890. The maximum absolute atomic E-state index is 12.2. The van der Waals surface area contributed by atoms with Crippen LogP contribution in [0.5, 0.6) is 0 Å². The molecule has 1 rings (SSSR count). The maximum Gasteiger partial charge on any atom is 0.123 e. The van der Waals surface area contributed by atoms with E-state index in [4.69, 9.17) is 5.73 Å². The molecule has 0 saturated heterocycles. The summed E-state index contributed by atoms with van der Waals surface area (Å²) >= 11 is 0. The highest BCUT2D eigenvalue weighted by Crippen LogP contribution is 2.00. The van der Waals surface area contributed by atoms with Gasteiger partial charge in [0.15, 0.2) is 0 Å². The molecule has 74 valence electrons. The first-order valence-corrected chi connectivity index (χ1v) is 4.69. The Morgan fingerprint density at radius 1 is 1.08 bits per heavy atom. The number of hydrogen-bond acceptors (Lipinski definition) is 1. The molecule has 0 spiro atoms. The zero-order chi connectivity index (χ0) is 10.1. The number of rotatable bonds is 2. The van der Waals surface area contributed by atoms with Gasteiger partial charge < -0.3 is 5.73 Å². The molecule has 0 radical (unpaired) electrons. The fraction of sp³-hybridized carbons (Fsp3) is 0.455. The van der Waals surface area contributed by atoms with Crippen LogP contribution in [-0.4, -0.2) is 0 Å². The van der Waals surface area contributed by atoms with Gasteiger partial charge in [0.05, 0.1) is 0 Å². The minimum Gasteiger partial charge on any atom is -0.326 e. The van der Waals surface area contributed by atoms with Crippen molar-refractivity contribution in [3.8, 4) is 0 Å². The molecular weight excluding hydrogens is 165 g/mol. The average Bonchev–Trinajstić information content (AvgIpc) is 2.19. The van der Waals surface area contributed by atoms with Crippen LogP contribution in [0.2, 0.25) is 0 Å². The lowest BCUT2D eigenvalue weighted by atomic mass is 10.2. The lowest BCUT2D eigenvalue weighted by Gasteiger charge is -1.92. The summed E-state index contributed by atoms with van der Waals surface area (Å²) in [4.78, 5) is 0. The third-order valence-electron chi connectivity index (χ3n) is 1.65. The molecule has 0 saturated carbocycles. The van der Waals surface area contributed by atoms with E-state index < -0.39 is 0 Å². The third kappa shape index (κ3) is 6.29. The Balaban J connectivity index is 0.000000310. The van der Waals surface area contributed by atoms with Gasteiger partial charge in [-0.1, -0.05) is 38.8 Å². The third-order valence-corrected chi connectivity index (χ3v) is 1.65. The lowest BCUT2D eigenvalue weighted by Crippen LogP contribution is -1.94. The maximum atomic E-state index is 12.2. The molecule has 0 aliphatic heterocycles. The summed E-state index contributed by atoms with van der Waals surface area (Å²) in [7, 11) is 0. The molecule has 2 heteroatoms. The van der Waals surface area contributed by atoms with E-state index in [1.165, 1.54) is 25.0 Å². The summed E-state index contributed by atoms with van der Waals surface area (Å²) in [6, 6.07) is 6.16. The molecule has 1 nitrogen and oxygen atoms in total. The van der Waals surface area contributed by atoms with E-state index in [-0.39, 0.29) is 5.82 Å². The Morgan fingerprint density at radius 2 is 1.54 bits per heavy atom. The van der Waals surface area contributed by atoms with Crippen LogP contribution in [-0.2, 0) is 6.54 Å². The predicted molar refractivity (Wildman–Crippen MR) is 54.9 cm³/mol. The van der Waals surface area contributed by atoms with Crippen molar-refractivity contribution in [2.75, 3.05) is 0 Å². The van der Waals surface area contributed by atoms with Gasteiger partial charge in [-0.25, -0.2) is 4.39 Å². The average molecular weight is 183 g/mol. The Kier molecular flexibility index (Phi) is 7.21. The molecule has 0 unspecified atom stereocenters. The van der Waals surface area contributed by atoms with E-state index in [0.29, 0.717) is 6.54 Å². The molecule has 0 aliphatic carbocycles. The molecule has 0 atom stereocenters. The molecule has 0 fully saturated rings. The summed E-state index contributed by atoms with van der Waals surface area (Å²) in [5, 5.41) is 0. The highest BCUT2D eigenvalue weighted by molar-refractivity contribution is 5.15. The van der Waals surface area contributed by atoms with Crippen LogP contribution in [0.15, 0.2) is 24.3 Å². The van der Waals surface area contributed by atoms with Crippen LogP contribution in [0.1, 0.15) is 32.3 Å². The summed E-state index contributed by atoms with van der Waals surface area (Å²) in [5.74, 6) is -0.216. The van der Waals surface area contributed by atoms with Crippen LogP contribution in [0.4, 0.5) is 4.39 Å². The lowest BCUT2D eigenvalue weighted by molar-refractivity contribution is 0.627. The summed E-state index contributed by atoms with van der Waals surface area (Å²) < 4.78 is 12.2. The highest BCUT2D eigenvalue weighted by atomic mass is 19.1. The van der Waals surface area contributed by atoms with Crippen molar-refractivity contribution in [3.05, 3.63) is 35.6 Å². The molecule has 0 bridgehead atoms. The van der Waals surface area contributed by atoms with Crippen molar-refractivity contribution in [1.82, 2.24) is 0 Å². The van der Waals surface area contributed by atoms with E-state index in [0.717, 1.165) is 5.56 Å². The fourth-order valence-electron chi connectivity index (χ4n) is 0.620. The van der Waals surface area contributed by atoms with Crippen molar-refractivity contribution in [2.24, 2.45) is 5.73 Å². The van der Waals surface area contributed by atoms with Crippen molar-refractivity contribution in [2.45, 2.75) is 33.2 Å². The quantitative estimate of drug-likeness (QED) is 0.749. The number of unbranched alkanes of at least 4 members (excludes halogenated alkanes) is 1. The number of nitrogens with two attached hydrogens (primary N) is 1. The largest absolute Gasteiger partial charge is 0.326 e. The molecule has 1 aromatic carbocycles. The van der Waals surface area contributed by atoms with Crippen molar-refractivity contribution < 1.29 is 4.39 Å². The van der Waals surface area contributed by atoms with Crippen LogP contribution in [0.3, 0.4) is 0 Å². The molecule has 0 amide bonds. The van der Waals surface area contributed by atoms with Gasteiger partial charge in [0.25, 0.3) is 0 Å². The van der Waals surface area contributed by atoms with Crippen molar-refractivity contribution >= 4 is 0 Å². The topological polar surface area (TPSA) is 26.0 Å². The van der Waals surface area contributed by atoms with Gasteiger partial charge in [-0.05, 0) is 17.7 Å². The highest BCUT2D eigenvalue weighted by Gasteiger charge is 1.87. The monoisotopic (exact) mass is 183 g/mol. The van der Waals surface area contributed by atoms with Gasteiger partial charge in [-0.3, -0.25) is 0 Å². The Morgan fingerprint density at radius 3 is 1.85 bits per heavy atom. The second kappa shape index (κ2) is 7.74. The molecule has 0 aliphatic rings. The van der Waals surface area contributed by atoms with Gasteiger partial charge in [0.2, 0.25) is 0 Å². The smallest absolute Gasteiger partial charge is 0.123 e. The predicted octanol–water partition coefficient (Wildman–Crippen LogP) is 3.09. The molecular formula is C11H18FN. The van der Waals surface area contributed by atoms with Gasteiger partial charge in [-0.2, -0.15) is 0 Å². The summed E-state index contributed by atoms with van der Waals surface area (Å²) in [6.07, 6.45) is 2.64. The zero-order valence-corrected chi connectivity index (χ0v) is 8.39. The number of halogens is 1. The van der Waals surface area contributed by atoms with E-state index in [1.54, 1.807) is 12.1 Å². The normalized spacial score (nSPS) is 8.92. The van der Waals surface area contributed by atoms with Gasteiger partial charge in [-0.15, -0.1) is 0 Å². The first-order chi connectivity index (χ1) is 6.24. The minimum absolute atomic E-state index is 0.216. The first-order valence-electron chi connectivity index (χ1n) is 4.69. The Labute approximate surface area is 79.8 Å². The van der Waals surface area contributed by atoms with Crippen LogP contribution in [0, 0.1) is 5.82 Å². The summed E-state index contributed by atoms with van der Waals surface area (Å²) in [6.45, 7) is 4.83. The molecule has 2 N–H and O–H groups in total. The molecule has 1 aromatic rings. The van der Waals surface area contributed by atoms with Crippen LogP contribution >= 0.6 is 0 Å². The van der Waals surface area contributed by atoms with Crippen molar-refractivity contribution in [3.63, 3.8) is 0 Å². The van der Waals surface area contributed by atoms with Gasteiger partial charge in [0.1, 0.15) is 5.82 Å². The summed E-state index contributed by atoms with van der Waals surface area (Å²) in [5.41, 5.74) is 6.23.